The number of aromatic nitrogens is 1. The van der Waals surface area contributed by atoms with Crippen LogP contribution in [0.1, 0.15) is 49.8 Å². The lowest BCUT2D eigenvalue weighted by atomic mass is 9.49. The van der Waals surface area contributed by atoms with Gasteiger partial charge in [0, 0.05) is 11.1 Å². The first-order chi connectivity index (χ1) is 11.5. The highest BCUT2D eigenvalue weighted by Gasteiger charge is 2.58. The van der Waals surface area contributed by atoms with Crippen molar-refractivity contribution in [2.45, 2.75) is 57.7 Å². The molecule has 1 saturated heterocycles. The quantitative estimate of drug-likeness (QED) is 0.802. The summed E-state index contributed by atoms with van der Waals surface area (Å²) in [6.07, 6.45) is 8.37. The van der Waals surface area contributed by atoms with Gasteiger partial charge in [0.1, 0.15) is 5.82 Å². The van der Waals surface area contributed by atoms with E-state index in [4.69, 9.17) is 4.98 Å². The van der Waals surface area contributed by atoms with E-state index in [2.05, 4.69) is 24.0 Å². The second-order valence-electron chi connectivity index (χ2n) is 8.85. The molecule has 1 atom stereocenters. The first kappa shape index (κ1) is 15.2. The summed E-state index contributed by atoms with van der Waals surface area (Å²) in [6, 6.07) is 4.20. The van der Waals surface area contributed by atoms with Gasteiger partial charge in [-0.1, -0.05) is 0 Å². The molecule has 0 N–H and O–H groups in total. The third kappa shape index (κ3) is 2.25. The Morgan fingerprint density at radius 3 is 2.29 bits per heavy atom. The maximum atomic E-state index is 12.8. The van der Waals surface area contributed by atoms with Crippen molar-refractivity contribution in [3.63, 3.8) is 0 Å². The van der Waals surface area contributed by atoms with Gasteiger partial charge in [-0.2, -0.15) is 0 Å². The molecular formula is C20H26N2OS. The SMILES string of the molecule is Cc1cc(C)nc(N2C(=O)CS[C@H]2C23CC4CC(CC(C4)C2)C3)c1. The molecule has 6 rings (SSSR count). The van der Waals surface area contributed by atoms with Crippen LogP contribution < -0.4 is 4.90 Å². The zero-order chi connectivity index (χ0) is 16.5. The summed E-state index contributed by atoms with van der Waals surface area (Å²) in [5.74, 6) is 4.53. The Bertz CT molecular complexity index is 645. The first-order valence-electron chi connectivity index (χ1n) is 9.41. The zero-order valence-corrected chi connectivity index (χ0v) is 15.4. The lowest BCUT2D eigenvalue weighted by Gasteiger charge is -2.59. The van der Waals surface area contributed by atoms with E-state index >= 15 is 0 Å². The lowest BCUT2D eigenvalue weighted by molar-refractivity contribution is -0.117. The maximum Gasteiger partial charge on any atom is 0.239 e. The third-order valence-electron chi connectivity index (χ3n) is 6.81. The molecule has 128 valence electrons. The molecule has 1 amide bonds. The van der Waals surface area contributed by atoms with Gasteiger partial charge in [-0.05, 0) is 87.8 Å². The van der Waals surface area contributed by atoms with E-state index in [-0.39, 0.29) is 5.91 Å². The lowest BCUT2D eigenvalue weighted by Crippen LogP contribution is -2.55. The molecule has 4 saturated carbocycles. The maximum absolute atomic E-state index is 12.8. The summed E-state index contributed by atoms with van der Waals surface area (Å²) in [7, 11) is 0. The van der Waals surface area contributed by atoms with Crippen LogP contribution in [0.3, 0.4) is 0 Å². The molecule has 5 fully saturated rings. The summed E-state index contributed by atoms with van der Waals surface area (Å²) >= 11 is 1.89. The van der Waals surface area contributed by atoms with Crippen molar-refractivity contribution in [3.8, 4) is 0 Å². The monoisotopic (exact) mass is 342 g/mol. The molecular weight excluding hydrogens is 316 g/mol. The largest absolute Gasteiger partial charge is 0.283 e. The molecule has 5 aliphatic rings. The van der Waals surface area contributed by atoms with Crippen LogP contribution in [-0.4, -0.2) is 22.0 Å². The fourth-order valence-electron chi connectivity index (χ4n) is 6.55. The molecule has 3 nitrogen and oxygen atoms in total. The van der Waals surface area contributed by atoms with Crippen molar-refractivity contribution in [2.24, 2.45) is 23.2 Å². The Labute approximate surface area is 148 Å². The molecule has 1 aromatic rings. The van der Waals surface area contributed by atoms with E-state index in [1.54, 1.807) is 0 Å². The third-order valence-corrected chi connectivity index (χ3v) is 8.25. The summed E-state index contributed by atoms with van der Waals surface area (Å²) in [5.41, 5.74) is 2.57. The van der Waals surface area contributed by atoms with E-state index < -0.39 is 0 Å². The minimum absolute atomic E-state index is 0.262. The number of rotatable bonds is 2. The van der Waals surface area contributed by atoms with Crippen LogP contribution in [0.25, 0.3) is 0 Å². The molecule has 2 heterocycles. The van der Waals surface area contributed by atoms with E-state index in [0.717, 1.165) is 29.3 Å². The Balaban J connectivity index is 1.54. The number of hydrogen-bond acceptors (Lipinski definition) is 3. The Morgan fingerprint density at radius 2 is 1.71 bits per heavy atom. The molecule has 4 heteroatoms. The average Bonchev–Trinajstić information content (AvgIpc) is 2.87. The van der Waals surface area contributed by atoms with Crippen molar-refractivity contribution in [1.82, 2.24) is 4.98 Å². The molecule has 0 aromatic carbocycles. The molecule has 1 aromatic heterocycles. The van der Waals surface area contributed by atoms with Gasteiger partial charge in [0.05, 0.1) is 11.1 Å². The van der Waals surface area contributed by atoms with Crippen LogP contribution in [0.4, 0.5) is 5.82 Å². The molecule has 0 unspecified atom stereocenters. The van der Waals surface area contributed by atoms with Crippen LogP contribution in [-0.2, 0) is 4.79 Å². The molecule has 1 aliphatic heterocycles. The zero-order valence-electron chi connectivity index (χ0n) is 14.6. The van der Waals surface area contributed by atoms with Gasteiger partial charge in [-0.15, -0.1) is 11.8 Å². The molecule has 4 aliphatic carbocycles. The number of pyridine rings is 1. The van der Waals surface area contributed by atoms with Gasteiger partial charge in [-0.3, -0.25) is 9.69 Å². The first-order valence-corrected chi connectivity index (χ1v) is 10.5. The Kier molecular flexibility index (Phi) is 3.32. The number of nitrogens with zero attached hydrogens (tertiary/aromatic N) is 2. The summed E-state index contributed by atoms with van der Waals surface area (Å²) in [4.78, 5) is 19.6. The highest BCUT2D eigenvalue weighted by Crippen LogP contribution is 2.64. The number of hydrogen-bond donors (Lipinski definition) is 0. The normalized spacial score (nSPS) is 40.6. The van der Waals surface area contributed by atoms with E-state index in [1.165, 1.54) is 44.1 Å². The van der Waals surface area contributed by atoms with Gasteiger partial charge >= 0.3 is 0 Å². The number of aryl methyl sites for hydroxylation is 2. The van der Waals surface area contributed by atoms with Gasteiger partial charge in [0.15, 0.2) is 0 Å². The highest BCUT2D eigenvalue weighted by molar-refractivity contribution is 8.01. The van der Waals surface area contributed by atoms with Gasteiger partial charge < -0.3 is 0 Å². The van der Waals surface area contributed by atoms with Crippen molar-refractivity contribution >= 4 is 23.5 Å². The Morgan fingerprint density at radius 1 is 1.08 bits per heavy atom. The van der Waals surface area contributed by atoms with E-state index in [1.807, 2.05) is 18.7 Å². The molecule has 4 bridgehead atoms. The van der Waals surface area contributed by atoms with Crippen LogP contribution in [0, 0.1) is 37.0 Å². The second kappa shape index (κ2) is 5.23. The molecule has 0 spiro atoms. The minimum atomic E-state index is 0.262. The van der Waals surface area contributed by atoms with Crippen molar-refractivity contribution in [1.29, 1.82) is 0 Å². The number of carbonyl (C=O) groups is 1. The predicted molar refractivity (Wildman–Crippen MR) is 98.0 cm³/mol. The average molecular weight is 343 g/mol. The minimum Gasteiger partial charge on any atom is -0.283 e. The van der Waals surface area contributed by atoms with Crippen LogP contribution in [0.15, 0.2) is 12.1 Å². The van der Waals surface area contributed by atoms with Gasteiger partial charge in [0.2, 0.25) is 5.91 Å². The van der Waals surface area contributed by atoms with Gasteiger partial charge in [0.25, 0.3) is 0 Å². The number of carbonyl (C=O) groups excluding carboxylic acids is 1. The molecule has 0 radical (unpaired) electrons. The van der Waals surface area contributed by atoms with Crippen molar-refractivity contribution in [3.05, 3.63) is 23.4 Å². The van der Waals surface area contributed by atoms with Crippen LogP contribution in [0.2, 0.25) is 0 Å². The summed E-state index contributed by atoms with van der Waals surface area (Å²) in [6.45, 7) is 4.13. The van der Waals surface area contributed by atoms with Crippen molar-refractivity contribution in [2.75, 3.05) is 10.7 Å². The standard InChI is InChI=1S/C20H26N2OS/c1-12-3-13(2)21-17(4-12)22-18(23)11-24-19(22)20-8-14-5-15(9-20)7-16(6-14)10-20/h3-4,14-16,19H,5-11H2,1-2H3/t14?,15?,16?,19-,20?/m0/s1. The van der Waals surface area contributed by atoms with Crippen molar-refractivity contribution < 1.29 is 4.79 Å². The van der Waals surface area contributed by atoms with Crippen LogP contribution in [0.5, 0.6) is 0 Å². The topological polar surface area (TPSA) is 33.2 Å². The molecule has 24 heavy (non-hydrogen) atoms. The van der Waals surface area contributed by atoms with E-state index in [9.17, 15) is 4.79 Å². The number of anilines is 1. The second-order valence-corrected chi connectivity index (χ2v) is 9.92. The van der Waals surface area contributed by atoms with E-state index in [0.29, 0.717) is 16.5 Å². The summed E-state index contributed by atoms with van der Waals surface area (Å²) in [5, 5.41) is 0.312. The number of amides is 1. The Hall–Kier alpha value is -1.03. The predicted octanol–water partition coefficient (Wildman–Crippen LogP) is 4.32. The van der Waals surface area contributed by atoms with Crippen LogP contribution >= 0.6 is 11.8 Å². The smallest absolute Gasteiger partial charge is 0.239 e. The summed E-state index contributed by atoms with van der Waals surface area (Å²) < 4.78 is 0. The fraction of sp³-hybridized carbons (Fsp3) is 0.700. The highest BCUT2D eigenvalue weighted by atomic mass is 32.2. The number of thioether (sulfide) groups is 1. The van der Waals surface area contributed by atoms with Gasteiger partial charge in [-0.25, -0.2) is 4.98 Å². The fourth-order valence-corrected chi connectivity index (χ4v) is 8.00.